The fraction of sp³-hybridized carbons (Fsp3) is 0.381. The molecule has 8 N–H and O–H groups in total. The van der Waals surface area contributed by atoms with Crippen LogP contribution >= 0.6 is 25.3 Å². The molecule has 0 saturated carbocycles. The Bertz CT molecular complexity index is 1090. The van der Waals surface area contributed by atoms with Gasteiger partial charge in [-0.3, -0.25) is 19.2 Å². The standard InChI is InChI=1S/C21H27N5O7S2/c22-12(5-10-7-23-13-4-2-1-3-11(10)13)18(29)25-15(8-34)20(31)26-16(9-35)19(30)24-14(21(32)33)6-17(27)28/h1-4,7,12,14-16,23,34-35H,5-6,8-9,22H2,(H,24,30)(H,25,29)(H,26,31)(H,27,28)(H,32,33). The summed E-state index contributed by atoms with van der Waals surface area (Å²) in [6.45, 7) is 0. The molecule has 0 spiro atoms. The highest BCUT2D eigenvalue weighted by atomic mass is 32.1. The largest absolute Gasteiger partial charge is 0.481 e. The van der Waals surface area contributed by atoms with Gasteiger partial charge in [0, 0.05) is 28.6 Å². The summed E-state index contributed by atoms with van der Waals surface area (Å²) in [5, 5.41) is 25.7. The molecule has 4 atom stereocenters. The Balaban J connectivity index is 1.98. The number of nitrogens with two attached hydrogens (primary N) is 1. The monoisotopic (exact) mass is 525 g/mol. The molecule has 12 nitrogen and oxygen atoms in total. The van der Waals surface area contributed by atoms with Crippen LogP contribution in [0.2, 0.25) is 0 Å². The molecule has 2 aromatic rings. The van der Waals surface area contributed by atoms with Crippen molar-refractivity contribution in [1.82, 2.24) is 20.9 Å². The molecule has 14 heteroatoms. The Morgan fingerprint density at radius 2 is 1.43 bits per heavy atom. The highest BCUT2D eigenvalue weighted by Gasteiger charge is 2.30. The van der Waals surface area contributed by atoms with Gasteiger partial charge in [-0.05, 0) is 18.1 Å². The Hall–Kier alpha value is -3.23. The normalized spacial score (nSPS) is 14.4. The zero-order chi connectivity index (χ0) is 26.1. The number of rotatable bonds is 13. The number of hydrogen-bond acceptors (Lipinski definition) is 8. The van der Waals surface area contributed by atoms with E-state index in [1.807, 2.05) is 29.6 Å². The molecular formula is C21H27N5O7S2. The van der Waals surface area contributed by atoms with Gasteiger partial charge in [-0.2, -0.15) is 25.3 Å². The van der Waals surface area contributed by atoms with Crippen molar-refractivity contribution in [2.45, 2.75) is 37.0 Å². The van der Waals surface area contributed by atoms with Crippen molar-refractivity contribution < 1.29 is 34.2 Å². The number of hydrogen-bond donors (Lipinski definition) is 9. The number of aromatic amines is 1. The molecule has 35 heavy (non-hydrogen) atoms. The highest BCUT2D eigenvalue weighted by molar-refractivity contribution is 7.80. The third-order valence-corrected chi connectivity index (χ3v) is 5.81. The molecule has 1 heterocycles. The first-order valence-corrected chi connectivity index (χ1v) is 11.7. The fourth-order valence-electron chi connectivity index (χ4n) is 3.22. The number of aliphatic carboxylic acids is 2. The second-order valence-corrected chi connectivity index (χ2v) is 8.39. The zero-order valence-corrected chi connectivity index (χ0v) is 20.2. The number of carboxylic acid groups (broad SMARTS) is 2. The van der Waals surface area contributed by atoms with Gasteiger partial charge in [-0.25, -0.2) is 4.79 Å². The molecule has 0 fully saturated rings. The number of carbonyl (C=O) groups is 5. The van der Waals surface area contributed by atoms with Crippen LogP contribution in [0.4, 0.5) is 0 Å². The van der Waals surface area contributed by atoms with Crippen molar-refractivity contribution in [3.63, 3.8) is 0 Å². The topological polar surface area (TPSA) is 204 Å². The Kier molecular flexibility index (Phi) is 10.4. The van der Waals surface area contributed by atoms with Crippen LogP contribution in [0, 0.1) is 0 Å². The van der Waals surface area contributed by atoms with Gasteiger partial charge in [-0.1, -0.05) is 18.2 Å². The van der Waals surface area contributed by atoms with Crippen LogP contribution in [0.3, 0.4) is 0 Å². The third-order valence-electron chi connectivity index (χ3n) is 5.08. The molecule has 0 radical (unpaired) electrons. The van der Waals surface area contributed by atoms with Crippen LogP contribution in [0.1, 0.15) is 12.0 Å². The molecule has 0 saturated heterocycles. The van der Waals surface area contributed by atoms with E-state index in [-0.39, 0.29) is 17.9 Å². The molecule has 0 aliphatic carbocycles. The van der Waals surface area contributed by atoms with Crippen LogP contribution < -0.4 is 21.7 Å². The predicted molar refractivity (Wildman–Crippen MR) is 133 cm³/mol. The van der Waals surface area contributed by atoms with E-state index in [0.717, 1.165) is 16.5 Å². The van der Waals surface area contributed by atoms with E-state index in [1.54, 1.807) is 6.20 Å². The van der Waals surface area contributed by atoms with Crippen molar-refractivity contribution in [2.24, 2.45) is 5.73 Å². The molecule has 0 bridgehead atoms. The number of carbonyl (C=O) groups excluding carboxylic acids is 3. The Morgan fingerprint density at radius 3 is 1.97 bits per heavy atom. The van der Waals surface area contributed by atoms with Gasteiger partial charge in [0.25, 0.3) is 0 Å². The van der Waals surface area contributed by atoms with E-state index in [1.165, 1.54) is 0 Å². The maximum atomic E-state index is 12.7. The number of benzene rings is 1. The van der Waals surface area contributed by atoms with Crippen LogP contribution in [0.15, 0.2) is 30.5 Å². The minimum absolute atomic E-state index is 0.116. The number of H-pyrrole nitrogens is 1. The molecule has 2 rings (SSSR count). The molecule has 4 unspecified atom stereocenters. The lowest BCUT2D eigenvalue weighted by Crippen LogP contribution is -2.58. The first-order chi connectivity index (χ1) is 16.6. The molecular weight excluding hydrogens is 498 g/mol. The van der Waals surface area contributed by atoms with E-state index in [0.29, 0.717) is 0 Å². The lowest BCUT2D eigenvalue weighted by Gasteiger charge is -2.23. The lowest BCUT2D eigenvalue weighted by molar-refractivity contribution is -0.147. The highest BCUT2D eigenvalue weighted by Crippen LogP contribution is 2.18. The summed E-state index contributed by atoms with van der Waals surface area (Å²) < 4.78 is 0. The van der Waals surface area contributed by atoms with Crippen molar-refractivity contribution in [1.29, 1.82) is 0 Å². The number of carboxylic acids is 2. The van der Waals surface area contributed by atoms with Gasteiger partial charge < -0.3 is 36.9 Å². The maximum absolute atomic E-state index is 12.7. The summed E-state index contributed by atoms with van der Waals surface area (Å²) in [6, 6.07) is 2.41. The van der Waals surface area contributed by atoms with Gasteiger partial charge in [0.2, 0.25) is 17.7 Å². The Morgan fingerprint density at radius 1 is 0.886 bits per heavy atom. The van der Waals surface area contributed by atoms with Crippen molar-refractivity contribution in [2.75, 3.05) is 11.5 Å². The van der Waals surface area contributed by atoms with Gasteiger partial charge in [0.1, 0.15) is 18.1 Å². The summed E-state index contributed by atoms with van der Waals surface area (Å²) in [4.78, 5) is 62.7. The quantitative estimate of drug-likeness (QED) is 0.147. The molecule has 1 aromatic heterocycles. The summed E-state index contributed by atoms with van der Waals surface area (Å²) in [7, 11) is 0. The second kappa shape index (κ2) is 13.0. The van der Waals surface area contributed by atoms with E-state index >= 15 is 0 Å². The van der Waals surface area contributed by atoms with Gasteiger partial charge in [0.15, 0.2) is 0 Å². The number of para-hydroxylation sites is 1. The Labute approximate surface area is 211 Å². The van der Waals surface area contributed by atoms with Crippen molar-refractivity contribution in [3.05, 3.63) is 36.0 Å². The van der Waals surface area contributed by atoms with E-state index < -0.39 is 60.2 Å². The van der Waals surface area contributed by atoms with E-state index in [4.69, 9.17) is 15.9 Å². The number of nitrogens with one attached hydrogen (secondary N) is 4. The van der Waals surface area contributed by atoms with Gasteiger partial charge in [0.05, 0.1) is 12.5 Å². The van der Waals surface area contributed by atoms with Crippen molar-refractivity contribution >= 4 is 65.8 Å². The first kappa shape index (κ1) is 28.0. The molecule has 190 valence electrons. The number of thiol groups is 2. The molecule has 0 aliphatic heterocycles. The summed E-state index contributed by atoms with van der Waals surface area (Å²) >= 11 is 8.06. The summed E-state index contributed by atoms with van der Waals surface area (Å²) in [5.74, 6) is -5.63. The minimum Gasteiger partial charge on any atom is -0.481 e. The zero-order valence-electron chi connectivity index (χ0n) is 18.4. The SMILES string of the molecule is NC(Cc1c[nH]c2ccccc12)C(=O)NC(CS)C(=O)NC(CS)C(=O)NC(CC(=O)O)C(=O)O. The molecule has 1 aromatic carbocycles. The fourth-order valence-corrected chi connectivity index (χ4v) is 3.73. The van der Waals surface area contributed by atoms with E-state index in [2.05, 4.69) is 40.9 Å². The smallest absolute Gasteiger partial charge is 0.326 e. The average Bonchev–Trinajstić information content (AvgIpc) is 3.22. The molecule has 0 aliphatic rings. The third kappa shape index (κ3) is 7.90. The number of aromatic nitrogens is 1. The minimum atomic E-state index is -1.69. The number of amides is 3. The van der Waals surface area contributed by atoms with Crippen LogP contribution in [-0.2, 0) is 30.4 Å². The number of fused-ring (bicyclic) bond motifs is 1. The summed E-state index contributed by atoms with van der Waals surface area (Å²) in [5.41, 5.74) is 7.76. The van der Waals surface area contributed by atoms with Gasteiger partial charge in [-0.15, -0.1) is 0 Å². The van der Waals surface area contributed by atoms with E-state index in [9.17, 15) is 24.0 Å². The average molecular weight is 526 g/mol. The van der Waals surface area contributed by atoms with Crippen molar-refractivity contribution in [3.8, 4) is 0 Å². The first-order valence-electron chi connectivity index (χ1n) is 10.4. The maximum Gasteiger partial charge on any atom is 0.326 e. The lowest BCUT2D eigenvalue weighted by atomic mass is 10.0. The summed E-state index contributed by atoms with van der Waals surface area (Å²) in [6.07, 6.45) is 1.11. The van der Waals surface area contributed by atoms with Crippen LogP contribution in [0.25, 0.3) is 10.9 Å². The second-order valence-electron chi connectivity index (χ2n) is 7.65. The van der Waals surface area contributed by atoms with Gasteiger partial charge >= 0.3 is 11.9 Å². The molecule has 3 amide bonds. The predicted octanol–water partition coefficient (Wildman–Crippen LogP) is -1.09. The van der Waals surface area contributed by atoms with Crippen LogP contribution in [-0.4, -0.2) is 80.5 Å². The van der Waals surface area contributed by atoms with Crippen LogP contribution in [0.5, 0.6) is 0 Å².